The molecule has 0 bridgehead atoms. The molecule has 0 amide bonds. The molecule has 1 saturated heterocycles. The number of esters is 2. The van der Waals surface area contributed by atoms with E-state index in [1.807, 2.05) is 0 Å². The minimum absolute atomic E-state index is 0.209. The van der Waals surface area contributed by atoms with E-state index in [2.05, 4.69) is 13.8 Å². The van der Waals surface area contributed by atoms with Crippen LogP contribution in [0.3, 0.4) is 0 Å². The van der Waals surface area contributed by atoms with Crippen LogP contribution in [0.2, 0.25) is 0 Å². The molecule has 0 aromatic rings. The number of carbonyl (C=O) groups excluding carboxylic acids is 2. The van der Waals surface area contributed by atoms with Gasteiger partial charge in [0.25, 0.3) is 0 Å². The van der Waals surface area contributed by atoms with Crippen molar-refractivity contribution in [2.24, 2.45) is 0 Å². The summed E-state index contributed by atoms with van der Waals surface area (Å²) in [6.07, 6.45) is 29.6. The van der Waals surface area contributed by atoms with Crippen molar-refractivity contribution in [2.45, 2.75) is 256 Å². The fourth-order valence-corrected chi connectivity index (χ4v) is 7.31. The molecule has 0 saturated carbocycles. The Hall–Kier alpha value is -1.30. The Labute approximate surface area is 336 Å². The van der Waals surface area contributed by atoms with Gasteiger partial charge in [0.1, 0.15) is 31.0 Å². The summed E-state index contributed by atoms with van der Waals surface area (Å²) in [7, 11) is 0. The minimum atomic E-state index is -1.59. The van der Waals surface area contributed by atoms with Gasteiger partial charge in [-0.3, -0.25) is 9.59 Å². The molecule has 55 heavy (non-hydrogen) atoms. The van der Waals surface area contributed by atoms with Crippen molar-refractivity contribution in [3.05, 3.63) is 0 Å². The first-order valence-electron chi connectivity index (χ1n) is 23.1. The molecule has 0 radical (unpaired) electrons. The van der Waals surface area contributed by atoms with Crippen LogP contribution >= 0.6 is 0 Å². The Balaban J connectivity index is 2.30. The molecule has 10 nitrogen and oxygen atoms in total. The fraction of sp³-hybridized carbons (Fsp3) is 0.956. The number of hydrogen-bond acceptors (Lipinski definition) is 10. The normalized spacial score (nSPS) is 20.4. The third kappa shape index (κ3) is 28.7. The maximum absolute atomic E-state index is 12.8. The lowest BCUT2D eigenvalue weighted by Gasteiger charge is -2.39. The molecule has 0 aromatic heterocycles. The maximum atomic E-state index is 12.8. The predicted molar refractivity (Wildman–Crippen MR) is 220 cm³/mol. The van der Waals surface area contributed by atoms with Gasteiger partial charge in [-0.1, -0.05) is 194 Å². The van der Waals surface area contributed by atoms with Gasteiger partial charge < -0.3 is 39.4 Å². The molecule has 1 aliphatic rings. The van der Waals surface area contributed by atoms with Crippen molar-refractivity contribution in [1.29, 1.82) is 0 Å². The second-order valence-electron chi connectivity index (χ2n) is 16.2. The lowest BCUT2D eigenvalue weighted by molar-refractivity contribution is -0.305. The standard InChI is InChI=1S/C45H86O10/c1-3-5-7-9-11-13-15-17-19-21-23-25-27-29-31-33-40(47)52-36-38(37-53-45-44(51)43(50)42(49)39(35-46)55-45)54-41(48)34-32-30-28-26-24-22-20-18-16-14-12-10-8-6-4-2/h38-39,42-46,49-51H,3-37H2,1-2H3/t38?,39-,42+,43+,44-,45-/m1/s1. The van der Waals surface area contributed by atoms with Crippen LogP contribution in [0.1, 0.15) is 219 Å². The third-order valence-electron chi connectivity index (χ3n) is 11.0. The Morgan fingerprint density at radius 1 is 0.491 bits per heavy atom. The summed E-state index contributed by atoms with van der Waals surface area (Å²) in [4.78, 5) is 25.3. The van der Waals surface area contributed by atoms with Crippen LogP contribution in [-0.2, 0) is 28.5 Å². The van der Waals surface area contributed by atoms with E-state index in [0.717, 1.165) is 38.5 Å². The van der Waals surface area contributed by atoms with E-state index in [4.69, 9.17) is 18.9 Å². The monoisotopic (exact) mass is 787 g/mol. The van der Waals surface area contributed by atoms with Crippen LogP contribution in [-0.4, -0.2) is 89.0 Å². The smallest absolute Gasteiger partial charge is 0.306 e. The van der Waals surface area contributed by atoms with E-state index in [9.17, 15) is 30.0 Å². The summed E-state index contributed by atoms with van der Waals surface area (Å²) >= 11 is 0. The molecular weight excluding hydrogens is 700 g/mol. The first-order chi connectivity index (χ1) is 26.8. The highest BCUT2D eigenvalue weighted by molar-refractivity contribution is 5.70. The van der Waals surface area contributed by atoms with Gasteiger partial charge in [0.2, 0.25) is 0 Å². The van der Waals surface area contributed by atoms with Gasteiger partial charge in [-0.25, -0.2) is 0 Å². The quantitative estimate of drug-likeness (QED) is 0.0350. The molecule has 1 unspecified atom stereocenters. The van der Waals surface area contributed by atoms with Crippen LogP contribution < -0.4 is 0 Å². The maximum Gasteiger partial charge on any atom is 0.306 e. The fourth-order valence-electron chi connectivity index (χ4n) is 7.31. The van der Waals surface area contributed by atoms with E-state index in [0.29, 0.717) is 6.42 Å². The highest BCUT2D eigenvalue weighted by atomic mass is 16.7. The second-order valence-corrected chi connectivity index (χ2v) is 16.2. The van der Waals surface area contributed by atoms with Gasteiger partial charge in [0.05, 0.1) is 13.2 Å². The highest BCUT2D eigenvalue weighted by Crippen LogP contribution is 2.23. The summed E-state index contributed by atoms with van der Waals surface area (Å²) in [6.45, 7) is 3.46. The first kappa shape index (κ1) is 51.7. The number of aliphatic hydroxyl groups excluding tert-OH is 4. The predicted octanol–water partition coefficient (Wildman–Crippen LogP) is 9.78. The summed E-state index contributed by atoms with van der Waals surface area (Å²) in [5, 5.41) is 40.1. The zero-order chi connectivity index (χ0) is 40.2. The summed E-state index contributed by atoms with van der Waals surface area (Å²) in [6, 6.07) is 0. The molecule has 0 aromatic carbocycles. The van der Waals surface area contributed by atoms with Crippen molar-refractivity contribution in [3.8, 4) is 0 Å². The topological polar surface area (TPSA) is 152 Å². The van der Waals surface area contributed by atoms with Gasteiger partial charge in [0, 0.05) is 12.8 Å². The Kier molecular flexibility index (Phi) is 34.8. The van der Waals surface area contributed by atoms with Crippen molar-refractivity contribution < 1.29 is 49.0 Å². The molecule has 1 heterocycles. The first-order valence-corrected chi connectivity index (χ1v) is 23.1. The van der Waals surface area contributed by atoms with Crippen LogP contribution in [0.25, 0.3) is 0 Å². The number of carbonyl (C=O) groups is 2. The van der Waals surface area contributed by atoms with Crippen molar-refractivity contribution in [1.82, 2.24) is 0 Å². The minimum Gasteiger partial charge on any atom is -0.462 e. The molecule has 0 spiro atoms. The number of hydrogen-bond donors (Lipinski definition) is 4. The molecule has 1 rings (SSSR count). The molecule has 10 heteroatoms. The summed E-state index contributed by atoms with van der Waals surface area (Å²) in [5.41, 5.74) is 0. The van der Waals surface area contributed by atoms with E-state index in [1.54, 1.807) is 0 Å². The van der Waals surface area contributed by atoms with Gasteiger partial charge in [0.15, 0.2) is 12.4 Å². The van der Waals surface area contributed by atoms with Gasteiger partial charge in [-0.15, -0.1) is 0 Å². The van der Waals surface area contributed by atoms with Crippen LogP contribution in [0, 0.1) is 0 Å². The molecule has 6 atom stereocenters. The van der Waals surface area contributed by atoms with E-state index < -0.39 is 49.4 Å². The Morgan fingerprint density at radius 2 is 0.855 bits per heavy atom. The average molecular weight is 787 g/mol. The number of rotatable bonds is 39. The van der Waals surface area contributed by atoms with Gasteiger partial charge in [-0.2, -0.15) is 0 Å². The molecular formula is C45H86O10. The summed E-state index contributed by atoms with van der Waals surface area (Å²) < 4.78 is 22.2. The Morgan fingerprint density at radius 3 is 1.24 bits per heavy atom. The zero-order valence-corrected chi connectivity index (χ0v) is 35.5. The molecule has 1 aliphatic heterocycles. The average Bonchev–Trinajstić information content (AvgIpc) is 3.18. The number of unbranched alkanes of at least 4 members (excludes halogenated alkanes) is 28. The molecule has 1 fully saturated rings. The van der Waals surface area contributed by atoms with E-state index in [1.165, 1.54) is 148 Å². The van der Waals surface area contributed by atoms with Crippen molar-refractivity contribution in [2.75, 3.05) is 19.8 Å². The molecule has 4 N–H and O–H groups in total. The van der Waals surface area contributed by atoms with Crippen molar-refractivity contribution in [3.63, 3.8) is 0 Å². The lowest BCUT2D eigenvalue weighted by Crippen LogP contribution is -2.59. The van der Waals surface area contributed by atoms with Crippen molar-refractivity contribution >= 4 is 11.9 Å². The SMILES string of the molecule is CCCCCCCCCCCCCCCCCC(=O)OCC(CO[C@@H]1O[C@H](CO)[C@H](O)[C@H](O)[C@H]1O)OC(=O)CCCCCCCCCCCCCCCCC. The lowest BCUT2D eigenvalue weighted by atomic mass is 9.99. The third-order valence-corrected chi connectivity index (χ3v) is 11.0. The van der Waals surface area contributed by atoms with Crippen LogP contribution in [0.5, 0.6) is 0 Å². The number of ether oxygens (including phenoxy) is 4. The van der Waals surface area contributed by atoms with Gasteiger partial charge >= 0.3 is 11.9 Å². The van der Waals surface area contributed by atoms with E-state index in [-0.39, 0.29) is 32.0 Å². The van der Waals surface area contributed by atoms with E-state index >= 15 is 0 Å². The second kappa shape index (κ2) is 37.0. The molecule has 0 aliphatic carbocycles. The number of aliphatic hydroxyl groups is 4. The van der Waals surface area contributed by atoms with Crippen LogP contribution in [0.4, 0.5) is 0 Å². The highest BCUT2D eigenvalue weighted by Gasteiger charge is 2.44. The van der Waals surface area contributed by atoms with Gasteiger partial charge in [-0.05, 0) is 12.8 Å². The largest absolute Gasteiger partial charge is 0.462 e. The zero-order valence-electron chi connectivity index (χ0n) is 35.5. The van der Waals surface area contributed by atoms with Crippen LogP contribution in [0.15, 0.2) is 0 Å². The molecule has 326 valence electrons. The Bertz CT molecular complexity index is 871. The summed E-state index contributed by atoms with van der Waals surface area (Å²) in [5.74, 6) is -0.790.